The minimum atomic E-state index is -0.288. The molecule has 3 aliphatic rings. The fourth-order valence-electron chi connectivity index (χ4n) is 3.91. The van der Waals surface area contributed by atoms with E-state index in [1.165, 1.54) is 12.2 Å². The minimum absolute atomic E-state index is 0.0900. The maximum absolute atomic E-state index is 12.5. The molecule has 4 rings (SSSR count). The molecule has 0 aromatic heterocycles. The molecule has 2 N–H and O–H groups in total. The van der Waals surface area contributed by atoms with Crippen LogP contribution in [-0.4, -0.2) is 61.5 Å². The van der Waals surface area contributed by atoms with Crippen molar-refractivity contribution in [2.45, 2.75) is 12.8 Å². The summed E-state index contributed by atoms with van der Waals surface area (Å²) in [6.45, 7) is 1.45. The molecule has 0 bridgehead atoms. The zero-order chi connectivity index (χ0) is 21.4. The second-order valence-corrected chi connectivity index (χ2v) is 7.77. The summed E-state index contributed by atoms with van der Waals surface area (Å²) in [6.07, 6.45) is 5.61. The lowest BCUT2D eigenvalue weighted by atomic mass is 9.91. The SMILES string of the molecule is CNCCC1=C2C(=O)C=CC(=O)C2=NC1=c1ccc2c(c1O)C(CCN(C)C)=CN=2. The van der Waals surface area contributed by atoms with Gasteiger partial charge in [-0.15, -0.1) is 0 Å². The lowest BCUT2D eigenvalue weighted by molar-refractivity contribution is -0.113. The van der Waals surface area contributed by atoms with E-state index >= 15 is 0 Å². The Bertz CT molecular complexity index is 1200. The molecule has 0 saturated carbocycles. The molecule has 7 nitrogen and oxygen atoms in total. The van der Waals surface area contributed by atoms with Gasteiger partial charge in [0, 0.05) is 23.5 Å². The Hall–Kier alpha value is -3.16. The Labute approximate surface area is 174 Å². The van der Waals surface area contributed by atoms with Gasteiger partial charge in [0.05, 0.1) is 16.6 Å². The van der Waals surface area contributed by atoms with Crippen LogP contribution in [0.4, 0.5) is 0 Å². The van der Waals surface area contributed by atoms with Crippen molar-refractivity contribution >= 4 is 28.5 Å². The maximum Gasteiger partial charge on any atom is 0.205 e. The quantitative estimate of drug-likeness (QED) is 0.720. The third-order valence-electron chi connectivity index (χ3n) is 5.46. The first-order valence-corrected chi connectivity index (χ1v) is 9.94. The fraction of sp³-hybridized carbons (Fsp3) is 0.304. The summed E-state index contributed by atoms with van der Waals surface area (Å²) in [6, 6.07) is 3.61. The van der Waals surface area contributed by atoms with E-state index in [-0.39, 0.29) is 23.0 Å². The van der Waals surface area contributed by atoms with Gasteiger partial charge >= 0.3 is 0 Å². The number of nitrogens with one attached hydrogen (secondary N) is 1. The predicted octanol–water partition coefficient (Wildman–Crippen LogP) is 0.495. The van der Waals surface area contributed by atoms with Crippen LogP contribution in [0.3, 0.4) is 0 Å². The van der Waals surface area contributed by atoms with Gasteiger partial charge in [0.15, 0.2) is 5.78 Å². The van der Waals surface area contributed by atoms with Crippen LogP contribution in [-0.2, 0) is 9.59 Å². The van der Waals surface area contributed by atoms with Crippen LogP contribution in [0.5, 0.6) is 5.75 Å². The van der Waals surface area contributed by atoms with Crippen molar-refractivity contribution in [3.05, 3.63) is 57.8 Å². The third kappa shape index (κ3) is 3.36. The van der Waals surface area contributed by atoms with Gasteiger partial charge in [-0.1, -0.05) is 0 Å². The van der Waals surface area contributed by atoms with Gasteiger partial charge < -0.3 is 15.3 Å². The molecule has 1 aliphatic carbocycles. The number of rotatable bonds is 6. The first kappa shape index (κ1) is 20.1. The van der Waals surface area contributed by atoms with E-state index in [4.69, 9.17) is 0 Å². The number of benzene rings is 1. The third-order valence-corrected chi connectivity index (χ3v) is 5.46. The number of aliphatic imine (C=N–C) groups is 1. The maximum atomic E-state index is 12.5. The van der Waals surface area contributed by atoms with Crippen LogP contribution in [0.15, 0.2) is 51.6 Å². The molecule has 2 heterocycles. The van der Waals surface area contributed by atoms with Gasteiger partial charge in [-0.3, -0.25) is 14.6 Å². The molecule has 2 aliphatic heterocycles. The van der Waals surface area contributed by atoms with Crippen LogP contribution in [0, 0.1) is 0 Å². The number of hydrogen-bond acceptors (Lipinski definition) is 7. The van der Waals surface area contributed by atoms with E-state index in [0.717, 1.165) is 18.5 Å². The molecule has 1 aromatic rings. The van der Waals surface area contributed by atoms with Crippen molar-refractivity contribution in [1.29, 1.82) is 0 Å². The Morgan fingerprint density at radius 3 is 2.60 bits per heavy atom. The van der Waals surface area contributed by atoms with Crippen LogP contribution in [0.25, 0.3) is 11.3 Å². The number of allylic oxidation sites excluding steroid dienone is 3. The molecule has 0 amide bonds. The number of aromatic hydroxyl groups is 1. The second-order valence-electron chi connectivity index (χ2n) is 7.77. The van der Waals surface area contributed by atoms with Gasteiger partial charge in [0.25, 0.3) is 0 Å². The number of fused-ring (bicyclic) bond motifs is 2. The number of carbonyl (C=O) groups excluding carboxylic acids is 2. The molecule has 0 atom stereocenters. The largest absolute Gasteiger partial charge is 0.507 e. The van der Waals surface area contributed by atoms with Crippen molar-refractivity contribution in [2.24, 2.45) is 9.98 Å². The topological polar surface area (TPSA) is 94.4 Å². The number of phenols is 1. The zero-order valence-corrected chi connectivity index (χ0v) is 17.3. The molecule has 1 aromatic carbocycles. The highest BCUT2D eigenvalue weighted by Crippen LogP contribution is 2.33. The van der Waals surface area contributed by atoms with Crippen molar-refractivity contribution < 1.29 is 14.7 Å². The summed E-state index contributed by atoms with van der Waals surface area (Å²) in [5.41, 5.74) is 3.34. The Morgan fingerprint density at radius 2 is 1.87 bits per heavy atom. The van der Waals surface area contributed by atoms with E-state index in [9.17, 15) is 14.7 Å². The fourth-order valence-corrected chi connectivity index (χ4v) is 3.91. The summed E-state index contributed by atoms with van der Waals surface area (Å²) in [5, 5.41) is 15.5. The smallest absolute Gasteiger partial charge is 0.205 e. The first-order valence-electron chi connectivity index (χ1n) is 9.94. The van der Waals surface area contributed by atoms with Crippen LogP contribution >= 0.6 is 0 Å². The highest BCUT2D eigenvalue weighted by atomic mass is 16.3. The normalized spacial score (nSPS) is 19.2. The zero-order valence-electron chi connectivity index (χ0n) is 17.3. The predicted molar refractivity (Wildman–Crippen MR) is 116 cm³/mol. The minimum Gasteiger partial charge on any atom is -0.507 e. The molecular weight excluding hydrogens is 380 g/mol. The second kappa shape index (κ2) is 7.93. The number of phenolic OH excluding ortho intramolecular Hbond substituents is 1. The van der Waals surface area contributed by atoms with Gasteiger partial charge in [-0.25, -0.2) is 4.99 Å². The number of hydrogen-bond donors (Lipinski definition) is 2. The summed E-state index contributed by atoms with van der Waals surface area (Å²) in [5.74, 6) is -0.424. The molecule has 0 fully saturated rings. The van der Waals surface area contributed by atoms with Crippen molar-refractivity contribution in [2.75, 3.05) is 34.2 Å². The van der Waals surface area contributed by atoms with Gasteiger partial charge in [-0.2, -0.15) is 0 Å². The molecule has 0 unspecified atom stereocenters. The van der Waals surface area contributed by atoms with Crippen molar-refractivity contribution in [3.8, 4) is 5.75 Å². The van der Waals surface area contributed by atoms with Crippen molar-refractivity contribution in [3.63, 3.8) is 0 Å². The molecule has 154 valence electrons. The van der Waals surface area contributed by atoms with Gasteiger partial charge in [-0.05, 0) is 76.0 Å². The summed E-state index contributed by atoms with van der Waals surface area (Å²) >= 11 is 0. The van der Waals surface area contributed by atoms with E-state index in [1.54, 1.807) is 12.3 Å². The van der Waals surface area contributed by atoms with E-state index in [2.05, 4.69) is 20.2 Å². The molecule has 0 spiro atoms. The average molecular weight is 404 g/mol. The molecule has 0 saturated heterocycles. The van der Waals surface area contributed by atoms with Gasteiger partial charge in [0.1, 0.15) is 11.5 Å². The number of ketones is 2. The Balaban J connectivity index is 1.91. The molecular formula is C23H24N4O3. The van der Waals surface area contributed by atoms with Crippen LogP contribution in [0.1, 0.15) is 18.4 Å². The standard InChI is InChI=1S/C23H24N4O3/c1-24-10-8-14-20-17(28)6-7-18(29)22(20)26-21(14)15-4-5-16-19(23(15)30)13(12-25-16)9-11-27(2)3/h4-7,12,24,30H,8-11H2,1-3H3. The van der Waals surface area contributed by atoms with Gasteiger partial charge in [0.2, 0.25) is 5.78 Å². The first-order chi connectivity index (χ1) is 14.4. The van der Waals surface area contributed by atoms with E-state index in [0.29, 0.717) is 45.9 Å². The highest BCUT2D eigenvalue weighted by Gasteiger charge is 2.34. The Morgan fingerprint density at radius 1 is 1.10 bits per heavy atom. The number of carbonyl (C=O) groups is 2. The molecule has 7 heteroatoms. The lowest BCUT2D eigenvalue weighted by Crippen LogP contribution is -2.23. The van der Waals surface area contributed by atoms with E-state index < -0.39 is 0 Å². The number of nitrogens with zero attached hydrogens (tertiary/aromatic N) is 3. The van der Waals surface area contributed by atoms with E-state index in [1.807, 2.05) is 27.2 Å². The summed E-state index contributed by atoms with van der Waals surface area (Å²) in [4.78, 5) is 35.9. The monoisotopic (exact) mass is 404 g/mol. The highest BCUT2D eigenvalue weighted by molar-refractivity contribution is 6.60. The summed E-state index contributed by atoms with van der Waals surface area (Å²) < 4.78 is 0. The lowest BCUT2D eigenvalue weighted by Gasteiger charge is -2.12. The van der Waals surface area contributed by atoms with Crippen LogP contribution < -0.4 is 15.9 Å². The molecule has 30 heavy (non-hydrogen) atoms. The molecule has 0 radical (unpaired) electrons. The van der Waals surface area contributed by atoms with Crippen molar-refractivity contribution in [1.82, 2.24) is 10.2 Å². The Kier molecular flexibility index (Phi) is 5.32. The average Bonchev–Trinajstić information content (AvgIpc) is 3.30. The van der Waals surface area contributed by atoms with Crippen LogP contribution in [0.2, 0.25) is 0 Å². The summed E-state index contributed by atoms with van der Waals surface area (Å²) in [7, 11) is 5.82.